The monoisotopic (exact) mass is 378 g/mol. The number of nitrogens with zero attached hydrogens (tertiary/aromatic N) is 5. The fourth-order valence-corrected chi connectivity index (χ4v) is 2.83. The third kappa shape index (κ3) is 5.84. The van der Waals surface area contributed by atoms with Gasteiger partial charge in [-0.1, -0.05) is 42.5 Å². The molecule has 0 saturated heterocycles. The molecule has 0 radical (unpaired) electrons. The summed E-state index contributed by atoms with van der Waals surface area (Å²) >= 11 is 0. The van der Waals surface area contributed by atoms with Gasteiger partial charge in [-0.15, -0.1) is 0 Å². The van der Waals surface area contributed by atoms with Crippen molar-refractivity contribution in [1.82, 2.24) is 25.0 Å². The molecule has 0 unspecified atom stereocenters. The van der Waals surface area contributed by atoms with E-state index in [4.69, 9.17) is 4.74 Å². The Morgan fingerprint density at radius 1 is 1.14 bits per heavy atom. The second kappa shape index (κ2) is 10.1. The van der Waals surface area contributed by atoms with Gasteiger partial charge in [-0.05, 0) is 23.3 Å². The quantitative estimate of drug-likeness (QED) is 0.482. The molecule has 7 heteroatoms. The van der Waals surface area contributed by atoms with Gasteiger partial charge in [0.05, 0.1) is 13.1 Å². The lowest BCUT2D eigenvalue weighted by Gasteiger charge is -2.22. The predicted molar refractivity (Wildman–Crippen MR) is 110 cm³/mol. The summed E-state index contributed by atoms with van der Waals surface area (Å²) in [6, 6.07) is 18.2. The number of ether oxygens (including phenoxy) is 1. The topological polar surface area (TPSA) is 67.6 Å². The molecule has 0 fully saturated rings. The number of hydrogen-bond donors (Lipinski definition) is 1. The van der Waals surface area contributed by atoms with E-state index in [1.165, 1.54) is 11.1 Å². The van der Waals surface area contributed by atoms with Crippen LogP contribution in [0.15, 0.2) is 72.2 Å². The molecule has 0 spiro atoms. The van der Waals surface area contributed by atoms with Crippen LogP contribution in [0.4, 0.5) is 0 Å². The summed E-state index contributed by atoms with van der Waals surface area (Å²) in [5.41, 5.74) is 2.37. The van der Waals surface area contributed by atoms with Crippen molar-refractivity contribution in [3.8, 4) is 5.75 Å². The zero-order valence-corrected chi connectivity index (χ0v) is 16.3. The zero-order valence-electron chi connectivity index (χ0n) is 16.3. The lowest BCUT2D eigenvalue weighted by atomic mass is 10.1. The molecule has 3 aromatic rings. The Morgan fingerprint density at radius 3 is 2.71 bits per heavy atom. The molecule has 0 atom stereocenters. The van der Waals surface area contributed by atoms with E-state index < -0.39 is 0 Å². The molecular formula is C21H26N6O. The van der Waals surface area contributed by atoms with Crippen molar-refractivity contribution in [2.75, 3.05) is 27.2 Å². The van der Waals surface area contributed by atoms with Crippen LogP contribution in [0, 0.1) is 0 Å². The summed E-state index contributed by atoms with van der Waals surface area (Å²) in [4.78, 5) is 10.4. The van der Waals surface area contributed by atoms with E-state index in [-0.39, 0.29) is 0 Å². The molecular weight excluding hydrogens is 352 g/mol. The van der Waals surface area contributed by atoms with Crippen LogP contribution in [0.3, 0.4) is 0 Å². The van der Waals surface area contributed by atoms with E-state index in [2.05, 4.69) is 49.6 Å². The van der Waals surface area contributed by atoms with Crippen LogP contribution < -0.4 is 10.1 Å². The van der Waals surface area contributed by atoms with Gasteiger partial charge in [0.2, 0.25) is 0 Å². The molecule has 1 heterocycles. The Hall–Kier alpha value is -3.35. The molecule has 0 saturated carbocycles. The summed E-state index contributed by atoms with van der Waals surface area (Å²) in [6.07, 6.45) is 3.27. The van der Waals surface area contributed by atoms with Crippen molar-refractivity contribution in [1.29, 1.82) is 0 Å². The summed E-state index contributed by atoms with van der Waals surface area (Å²) in [5, 5.41) is 7.56. The van der Waals surface area contributed by atoms with E-state index in [1.54, 1.807) is 19.7 Å². The Labute approximate surface area is 165 Å². The van der Waals surface area contributed by atoms with Crippen LogP contribution in [-0.2, 0) is 13.1 Å². The highest BCUT2D eigenvalue weighted by atomic mass is 16.5. The lowest BCUT2D eigenvalue weighted by molar-refractivity contribution is 0.281. The number of benzene rings is 2. The van der Waals surface area contributed by atoms with Crippen molar-refractivity contribution in [3.05, 3.63) is 78.4 Å². The lowest BCUT2D eigenvalue weighted by Crippen LogP contribution is -2.40. The van der Waals surface area contributed by atoms with Crippen LogP contribution in [0.25, 0.3) is 0 Å². The van der Waals surface area contributed by atoms with Crippen LogP contribution >= 0.6 is 0 Å². The summed E-state index contributed by atoms with van der Waals surface area (Å²) in [7, 11) is 3.79. The number of hydrogen-bond acceptors (Lipinski definition) is 4. The molecule has 0 amide bonds. The van der Waals surface area contributed by atoms with Gasteiger partial charge < -0.3 is 15.0 Å². The van der Waals surface area contributed by atoms with E-state index in [0.29, 0.717) is 19.7 Å². The Kier molecular flexibility index (Phi) is 7.01. The highest BCUT2D eigenvalue weighted by Gasteiger charge is 2.06. The SMILES string of the molecule is CN=C(NCc1cccc(Cn2cncn2)c1)N(C)CCOc1ccccc1. The predicted octanol–water partition coefficient (Wildman–Crippen LogP) is 2.41. The third-order valence-electron chi connectivity index (χ3n) is 4.27. The number of para-hydroxylation sites is 1. The van der Waals surface area contributed by atoms with Crippen LogP contribution in [0.2, 0.25) is 0 Å². The van der Waals surface area contributed by atoms with Gasteiger partial charge in [0.1, 0.15) is 25.0 Å². The largest absolute Gasteiger partial charge is 0.492 e. The first kappa shape index (κ1) is 19.4. The maximum Gasteiger partial charge on any atom is 0.193 e. The molecule has 0 bridgehead atoms. The molecule has 1 aromatic heterocycles. The van der Waals surface area contributed by atoms with Crippen molar-refractivity contribution in [2.24, 2.45) is 4.99 Å². The van der Waals surface area contributed by atoms with Gasteiger partial charge in [0.15, 0.2) is 5.96 Å². The van der Waals surface area contributed by atoms with Crippen LogP contribution in [0.1, 0.15) is 11.1 Å². The molecule has 0 aliphatic rings. The number of rotatable bonds is 8. The van der Waals surface area contributed by atoms with Crippen molar-refractivity contribution in [2.45, 2.75) is 13.1 Å². The molecule has 3 rings (SSSR count). The maximum absolute atomic E-state index is 5.76. The van der Waals surface area contributed by atoms with Crippen LogP contribution in [0.5, 0.6) is 5.75 Å². The van der Waals surface area contributed by atoms with E-state index in [0.717, 1.165) is 18.3 Å². The van der Waals surface area contributed by atoms with Gasteiger partial charge in [-0.3, -0.25) is 4.99 Å². The van der Waals surface area contributed by atoms with Crippen molar-refractivity contribution >= 4 is 5.96 Å². The number of aliphatic imine (C=N–C) groups is 1. The first-order chi connectivity index (χ1) is 13.7. The number of aromatic nitrogens is 3. The molecule has 28 heavy (non-hydrogen) atoms. The first-order valence-corrected chi connectivity index (χ1v) is 9.24. The highest BCUT2D eigenvalue weighted by molar-refractivity contribution is 5.79. The molecule has 0 aliphatic heterocycles. The van der Waals surface area contributed by atoms with Gasteiger partial charge in [0, 0.05) is 20.6 Å². The Bertz CT molecular complexity index is 864. The molecule has 7 nitrogen and oxygen atoms in total. The minimum absolute atomic E-state index is 0.592. The summed E-state index contributed by atoms with van der Waals surface area (Å²) in [6.45, 7) is 2.73. The molecule has 0 aliphatic carbocycles. The molecule has 146 valence electrons. The summed E-state index contributed by atoms with van der Waals surface area (Å²) in [5.74, 6) is 1.71. The Balaban J connectivity index is 1.48. The number of nitrogens with one attached hydrogen (secondary N) is 1. The molecule has 2 aromatic carbocycles. The highest BCUT2D eigenvalue weighted by Crippen LogP contribution is 2.08. The van der Waals surface area contributed by atoms with Gasteiger partial charge >= 0.3 is 0 Å². The standard InChI is InChI=1S/C21H26N6O/c1-22-21(26(2)11-12-28-20-9-4-3-5-10-20)24-14-18-7-6-8-19(13-18)15-27-17-23-16-25-27/h3-10,13,16-17H,11-12,14-15H2,1-2H3,(H,22,24). The van der Waals surface area contributed by atoms with Crippen molar-refractivity contribution < 1.29 is 4.74 Å². The second-order valence-electron chi connectivity index (χ2n) is 6.40. The average molecular weight is 378 g/mol. The fourth-order valence-electron chi connectivity index (χ4n) is 2.83. The number of likely N-dealkylation sites (N-methyl/N-ethyl adjacent to an activating group) is 1. The smallest absolute Gasteiger partial charge is 0.193 e. The normalized spacial score (nSPS) is 11.3. The minimum Gasteiger partial charge on any atom is -0.492 e. The zero-order chi connectivity index (χ0) is 19.6. The van der Waals surface area contributed by atoms with Gasteiger partial charge in [0.25, 0.3) is 0 Å². The van der Waals surface area contributed by atoms with Gasteiger partial charge in [-0.25, -0.2) is 9.67 Å². The third-order valence-corrected chi connectivity index (χ3v) is 4.27. The minimum atomic E-state index is 0.592. The number of guanidine groups is 1. The van der Waals surface area contributed by atoms with E-state index in [9.17, 15) is 0 Å². The molecule has 1 N–H and O–H groups in total. The van der Waals surface area contributed by atoms with E-state index in [1.807, 2.05) is 42.1 Å². The van der Waals surface area contributed by atoms with Crippen LogP contribution in [-0.4, -0.2) is 52.9 Å². The fraction of sp³-hybridized carbons (Fsp3) is 0.286. The first-order valence-electron chi connectivity index (χ1n) is 9.24. The summed E-state index contributed by atoms with van der Waals surface area (Å²) < 4.78 is 7.57. The van der Waals surface area contributed by atoms with E-state index >= 15 is 0 Å². The second-order valence-corrected chi connectivity index (χ2v) is 6.40. The van der Waals surface area contributed by atoms with Crippen molar-refractivity contribution in [3.63, 3.8) is 0 Å². The maximum atomic E-state index is 5.76. The Morgan fingerprint density at radius 2 is 1.96 bits per heavy atom. The average Bonchev–Trinajstić information content (AvgIpc) is 3.22. The van der Waals surface area contributed by atoms with Gasteiger partial charge in [-0.2, -0.15) is 5.10 Å².